The van der Waals surface area contributed by atoms with Crippen molar-refractivity contribution in [3.63, 3.8) is 0 Å². The summed E-state index contributed by atoms with van der Waals surface area (Å²) in [6.45, 7) is 7.27. The van der Waals surface area contributed by atoms with Gasteiger partial charge in [0, 0.05) is 24.8 Å². The average molecular weight is 349 g/mol. The summed E-state index contributed by atoms with van der Waals surface area (Å²) in [7, 11) is 0. The van der Waals surface area contributed by atoms with Crippen LogP contribution in [-0.2, 0) is 4.74 Å². The number of nitrogens with one attached hydrogen (secondary N) is 2. The van der Waals surface area contributed by atoms with Gasteiger partial charge in [0.15, 0.2) is 0 Å². The number of carbonyl (C=O) groups is 2. The Morgan fingerprint density at radius 3 is 2.40 bits per heavy atom. The highest BCUT2D eigenvalue weighted by atomic mass is 16.6. The number of hydrogen-bond acceptors (Lipinski definition) is 4. The zero-order chi connectivity index (χ0) is 18.2. The molecule has 7 nitrogen and oxygen atoms in total. The average Bonchev–Trinajstić information content (AvgIpc) is 2.57. The molecule has 0 saturated carbocycles. The van der Waals surface area contributed by atoms with E-state index in [1.807, 2.05) is 26.0 Å². The number of hydrogen-bond donors (Lipinski definition) is 2. The molecule has 1 aliphatic heterocycles. The number of piperidine rings is 1. The van der Waals surface area contributed by atoms with Crippen LogP contribution in [0, 0.1) is 0 Å². The maximum absolute atomic E-state index is 12.1. The number of benzene rings is 1. The molecule has 0 radical (unpaired) electrons. The van der Waals surface area contributed by atoms with Crippen LogP contribution < -0.4 is 15.4 Å². The molecule has 1 aliphatic rings. The number of likely N-dealkylation sites (tertiary alicyclic amines) is 1. The highest BCUT2D eigenvalue weighted by molar-refractivity contribution is 5.89. The third kappa shape index (κ3) is 6.17. The van der Waals surface area contributed by atoms with Crippen LogP contribution in [-0.4, -0.2) is 48.9 Å². The van der Waals surface area contributed by atoms with Crippen molar-refractivity contribution in [2.75, 3.05) is 25.0 Å². The molecular formula is C18H27N3O4. The highest BCUT2D eigenvalue weighted by Gasteiger charge is 2.24. The van der Waals surface area contributed by atoms with Gasteiger partial charge in [0.25, 0.3) is 0 Å². The fourth-order valence-corrected chi connectivity index (χ4v) is 2.66. The van der Waals surface area contributed by atoms with Crippen molar-refractivity contribution in [1.29, 1.82) is 0 Å². The monoisotopic (exact) mass is 349 g/mol. The Balaban J connectivity index is 1.75. The Kier molecular flexibility index (Phi) is 6.91. The molecule has 2 rings (SSSR count). The summed E-state index contributed by atoms with van der Waals surface area (Å²) in [6.07, 6.45) is 1.26. The minimum absolute atomic E-state index is 0.0502. The second kappa shape index (κ2) is 9.15. The van der Waals surface area contributed by atoms with Gasteiger partial charge in [0.05, 0.1) is 12.7 Å². The summed E-state index contributed by atoms with van der Waals surface area (Å²) in [4.78, 5) is 25.4. The lowest BCUT2D eigenvalue weighted by Gasteiger charge is -2.31. The van der Waals surface area contributed by atoms with Crippen molar-refractivity contribution in [3.05, 3.63) is 24.3 Å². The third-order valence-electron chi connectivity index (χ3n) is 3.84. The standard InChI is InChI=1S/C18H27N3O4/c1-4-24-18(23)21-11-9-15(10-12-21)20-17(22)19-14-5-7-16(8-6-14)25-13(2)3/h5-8,13,15H,4,9-12H2,1-3H3,(H2,19,20,22). The number of anilines is 1. The van der Waals surface area contributed by atoms with Crippen LogP contribution in [0.1, 0.15) is 33.6 Å². The van der Waals surface area contributed by atoms with E-state index in [0.29, 0.717) is 38.2 Å². The van der Waals surface area contributed by atoms with Crippen LogP contribution in [0.25, 0.3) is 0 Å². The molecule has 0 atom stereocenters. The fraction of sp³-hybridized carbons (Fsp3) is 0.556. The van der Waals surface area contributed by atoms with Crippen molar-refractivity contribution in [3.8, 4) is 5.75 Å². The first-order valence-corrected chi connectivity index (χ1v) is 8.74. The van der Waals surface area contributed by atoms with E-state index in [1.54, 1.807) is 24.0 Å². The van der Waals surface area contributed by atoms with E-state index < -0.39 is 0 Å². The zero-order valence-electron chi connectivity index (χ0n) is 15.1. The summed E-state index contributed by atoms with van der Waals surface area (Å²) < 4.78 is 10.6. The Hall–Kier alpha value is -2.44. The van der Waals surface area contributed by atoms with Gasteiger partial charge < -0.3 is 25.0 Å². The lowest BCUT2D eigenvalue weighted by atomic mass is 10.1. The summed E-state index contributed by atoms with van der Waals surface area (Å²) in [5.74, 6) is 0.771. The maximum atomic E-state index is 12.1. The molecule has 1 aromatic carbocycles. The first-order valence-electron chi connectivity index (χ1n) is 8.74. The Labute approximate surface area is 148 Å². The van der Waals surface area contributed by atoms with Crippen LogP contribution in [0.4, 0.5) is 15.3 Å². The fourth-order valence-electron chi connectivity index (χ4n) is 2.66. The molecule has 0 bridgehead atoms. The number of urea groups is 1. The number of nitrogens with zero attached hydrogens (tertiary/aromatic N) is 1. The molecule has 7 heteroatoms. The molecule has 1 saturated heterocycles. The first-order chi connectivity index (χ1) is 12.0. The largest absolute Gasteiger partial charge is 0.491 e. The van der Waals surface area contributed by atoms with E-state index in [4.69, 9.17) is 9.47 Å². The third-order valence-corrected chi connectivity index (χ3v) is 3.84. The van der Waals surface area contributed by atoms with E-state index >= 15 is 0 Å². The SMILES string of the molecule is CCOC(=O)N1CCC(NC(=O)Nc2ccc(OC(C)C)cc2)CC1. The number of ether oxygens (including phenoxy) is 2. The molecule has 0 unspecified atom stereocenters. The van der Waals surface area contributed by atoms with Gasteiger partial charge in [-0.2, -0.15) is 0 Å². The van der Waals surface area contributed by atoms with Crippen LogP contribution in [0.2, 0.25) is 0 Å². The molecule has 0 aromatic heterocycles. The van der Waals surface area contributed by atoms with E-state index in [9.17, 15) is 9.59 Å². The lowest BCUT2D eigenvalue weighted by molar-refractivity contribution is 0.0959. The van der Waals surface area contributed by atoms with Gasteiger partial charge in [-0.25, -0.2) is 9.59 Å². The van der Waals surface area contributed by atoms with Gasteiger partial charge in [-0.1, -0.05) is 0 Å². The molecule has 1 fully saturated rings. The van der Waals surface area contributed by atoms with Gasteiger partial charge in [-0.05, 0) is 57.9 Å². The molecule has 2 N–H and O–H groups in total. The van der Waals surface area contributed by atoms with E-state index in [0.717, 1.165) is 5.75 Å². The van der Waals surface area contributed by atoms with Crippen LogP contribution in [0.5, 0.6) is 5.75 Å². The topological polar surface area (TPSA) is 79.9 Å². The smallest absolute Gasteiger partial charge is 0.409 e. The van der Waals surface area contributed by atoms with Crippen molar-refractivity contribution in [2.45, 2.75) is 45.8 Å². The Bertz CT molecular complexity index is 566. The molecule has 25 heavy (non-hydrogen) atoms. The van der Waals surface area contributed by atoms with Gasteiger partial charge in [-0.3, -0.25) is 0 Å². The summed E-state index contributed by atoms with van der Waals surface area (Å²) in [5.41, 5.74) is 0.706. The van der Waals surface area contributed by atoms with Crippen molar-refractivity contribution in [1.82, 2.24) is 10.2 Å². The lowest BCUT2D eigenvalue weighted by Crippen LogP contribution is -2.47. The summed E-state index contributed by atoms with van der Waals surface area (Å²) >= 11 is 0. The quantitative estimate of drug-likeness (QED) is 0.855. The van der Waals surface area contributed by atoms with Gasteiger partial charge in [0.1, 0.15) is 5.75 Å². The molecule has 3 amide bonds. The first kappa shape index (κ1) is 18.9. The van der Waals surface area contributed by atoms with Crippen molar-refractivity contribution in [2.24, 2.45) is 0 Å². The predicted molar refractivity (Wildman–Crippen MR) is 96.0 cm³/mol. The normalized spacial score (nSPS) is 15.0. The molecule has 138 valence electrons. The molecule has 1 heterocycles. The van der Waals surface area contributed by atoms with Crippen LogP contribution in [0.15, 0.2) is 24.3 Å². The zero-order valence-corrected chi connectivity index (χ0v) is 15.1. The summed E-state index contributed by atoms with van der Waals surface area (Å²) in [5, 5.41) is 5.76. The molecule has 1 aromatic rings. The van der Waals surface area contributed by atoms with E-state index in [1.165, 1.54) is 0 Å². The van der Waals surface area contributed by atoms with E-state index in [-0.39, 0.29) is 24.3 Å². The Morgan fingerprint density at radius 1 is 1.20 bits per heavy atom. The predicted octanol–water partition coefficient (Wildman–Crippen LogP) is 3.22. The second-order valence-electron chi connectivity index (χ2n) is 6.25. The van der Waals surface area contributed by atoms with Gasteiger partial charge >= 0.3 is 12.1 Å². The molecular weight excluding hydrogens is 322 g/mol. The maximum Gasteiger partial charge on any atom is 0.409 e. The highest BCUT2D eigenvalue weighted by Crippen LogP contribution is 2.17. The number of carbonyl (C=O) groups excluding carboxylic acids is 2. The molecule has 0 aliphatic carbocycles. The molecule has 0 spiro atoms. The minimum atomic E-state index is -0.283. The van der Waals surface area contributed by atoms with Crippen molar-refractivity contribution < 1.29 is 19.1 Å². The van der Waals surface area contributed by atoms with Crippen LogP contribution in [0.3, 0.4) is 0 Å². The minimum Gasteiger partial charge on any atom is -0.491 e. The Morgan fingerprint density at radius 2 is 1.84 bits per heavy atom. The second-order valence-corrected chi connectivity index (χ2v) is 6.25. The van der Waals surface area contributed by atoms with Gasteiger partial charge in [-0.15, -0.1) is 0 Å². The van der Waals surface area contributed by atoms with E-state index in [2.05, 4.69) is 10.6 Å². The van der Waals surface area contributed by atoms with Crippen LogP contribution >= 0.6 is 0 Å². The number of rotatable bonds is 5. The summed E-state index contributed by atoms with van der Waals surface area (Å²) in [6, 6.07) is 7.07. The van der Waals surface area contributed by atoms with Gasteiger partial charge in [0.2, 0.25) is 0 Å². The number of amides is 3. The van der Waals surface area contributed by atoms with Crippen molar-refractivity contribution >= 4 is 17.8 Å².